The Kier molecular flexibility index (Phi) is 4.32. The highest BCUT2D eigenvalue weighted by molar-refractivity contribution is 5.69. The van der Waals surface area contributed by atoms with E-state index in [0.717, 1.165) is 10.5 Å². The molecule has 0 heterocycles. The molecule has 0 spiro atoms. The lowest BCUT2D eigenvalue weighted by Crippen LogP contribution is -2.31. The lowest BCUT2D eigenvalue weighted by atomic mass is 10.2. The Morgan fingerprint density at radius 2 is 1.75 bits per heavy atom. The van der Waals surface area contributed by atoms with E-state index in [0.29, 0.717) is 0 Å². The molecule has 0 aliphatic rings. The fourth-order valence-electron chi connectivity index (χ4n) is 1.28. The third-order valence-corrected chi connectivity index (χ3v) is 2.08. The first-order valence-corrected chi connectivity index (χ1v) is 4.83. The first-order valence-electron chi connectivity index (χ1n) is 4.83. The van der Waals surface area contributed by atoms with Crippen molar-refractivity contribution in [3.05, 3.63) is 35.9 Å². The highest BCUT2D eigenvalue weighted by Gasteiger charge is 2.13. The quantitative estimate of drug-likeness (QED) is 0.795. The SMILES string of the molecule is O=C(O)CCN(Cc1ccccc1)C(=O)O. The summed E-state index contributed by atoms with van der Waals surface area (Å²) in [5.74, 6) is -1.00. The number of aliphatic carboxylic acids is 1. The van der Waals surface area contributed by atoms with Crippen LogP contribution in [0.1, 0.15) is 12.0 Å². The van der Waals surface area contributed by atoms with Crippen molar-refractivity contribution in [2.45, 2.75) is 13.0 Å². The summed E-state index contributed by atoms with van der Waals surface area (Å²) in [7, 11) is 0. The van der Waals surface area contributed by atoms with Crippen LogP contribution in [-0.4, -0.2) is 33.7 Å². The summed E-state index contributed by atoms with van der Waals surface area (Å²) in [6, 6.07) is 9.07. The van der Waals surface area contributed by atoms with Gasteiger partial charge in [-0.15, -0.1) is 0 Å². The molecular weight excluding hydrogens is 210 g/mol. The van der Waals surface area contributed by atoms with Gasteiger partial charge in [-0.25, -0.2) is 4.79 Å². The number of hydrogen-bond donors (Lipinski definition) is 2. The van der Waals surface area contributed by atoms with E-state index >= 15 is 0 Å². The van der Waals surface area contributed by atoms with Gasteiger partial charge in [-0.1, -0.05) is 30.3 Å². The Labute approximate surface area is 92.9 Å². The maximum absolute atomic E-state index is 10.8. The zero-order valence-electron chi connectivity index (χ0n) is 8.67. The molecule has 1 aromatic carbocycles. The van der Waals surface area contributed by atoms with E-state index in [9.17, 15) is 9.59 Å². The van der Waals surface area contributed by atoms with Gasteiger partial charge >= 0.3 is 12.1 Å². The average molecular weight is 223 g/mol. The van der Waals surface area contributed by atoms with Gasteiger partial charge in [-0.05, 0) is 5.56 Å². The minimum atomic E-state index is -1.11. The molecular formula is C11H13NO4. The van der Waals surface area contributed by atoms with E-state index in [1.165, 1.54) is 0 Å². The molecule has 5 heteroatoms. The van der Waals surface area contributed by atoms with Gasteiger partial charge in [0.15, 0.2) is 0 Å². The smallest absolute Gasteiger partial charge is 0.407 e. The molecule has 0 radical (unpaired) electrons. The molecule has 16 heavy (non-hydrogen) atoms. The Morgan fingerprint density at radius 1 is 1.12 bits per heavy atom. The zero-order valence-corrected chi connectivity index (χ0v) is 8.67. The van der Waals surface area contributed by atoms with Crippen molar-refractivity contribution >= 4 is 12.1 Å². The van der Waals surface area contributed by atoms with Crippen LogP contribution < -0.4 is 0 Å². The van der Waals surface area contributed by atoms with Crippen LogP contribution in [0.25, 0.3) is 0 Å². The number of carboxylic acids is 1. The van der Waals surface area contributed by atoms with Crippen molar-refractivity contribution < 1.29 is 19.8 Å². The van der Waals surface area contributed by atoms with Gasteiger partial charge < -0.3 is 15.1 Å². The highest BCUT2D eigenvalue weighted by Crippen LogP contribution is 2.05. The molecule has 1 amide bonds. The topological polar surface area (TPSA) is 77.8 Å². The van der Waals surface area contributed by atoms with Gasteiger partial charge in [0.25, 0.3) is 0 Å². The Morgan fingerprint density at radius 3 is 2.25 bits per heavy atom. The lowest BCUT2D eigenvalue weighted by Gasteiger charge is -2.18. The number of carboxylic acid groups (broad SMARTS) is 2. The highest BCUT2D eigenvalue weighted by atomic mass is 16.4. The number of rotatable bonds is 5. The van der Waals surface area contributed by atoms with E-state index in [1.807, 2.05) is 18.2 Å². The molecule has 86 valence electrons. The van der Waals surface area contributed by atoms with Crippen molar-refractivity contribution in [2.75, 3.05) is 6.54 Å². The van der Waals surface area contributed by atoms with Crippen LogP contribution >= 0.6 is 0 Å². The maximum atomic E-state index is 10.8. The van der Waals surface area contributed by atoms with Crippen molar-refractivity contribution in [3.8, 4) is 0 Å². The first-order chi connectivity index (χ1) is 7.59. The fourth-order valence-corrected chi connectivity index (χ4v) is 1.28. The lowest BCUT2D eigenvalue weighted by molar-refractivity contribution is -0.137. The van der Waals surface area contributed by atoms with Gasteiger partial charge in [0, 0.05) is 13.1 Å². The van der Waals surface area contributed by atoms with Crippen LogP contribution in [-0.2, 0) is 11.3 Å². The van der Waals surface area contributed by atoms with Gasteiger partial charge in [0.05, 0.1) is 6.42 Å². The molecule has 0 saturated heterocycles. The van der Waals surface area contributed by atoms with Crippen LogP contribution in [0.2, 0.25) is 0 Å². The second-order valence-corrected chi connectivity index (χ2v) is 3.33. The minimum Gasteiger partial charge on any atom is -0.481 e. The first kappa shape index (κ1) is 12.0. The number of nitrogens with zero attached hydrogens (tertiary/aromatic N) is 1. The largest absolute Gasteiger partial charge is 0.481 e. The molecule has 0 bridgehead atoms. The molecule has 0 unspecified atom stereocenters. The standard InChI is InChI=1S/C11H13NO4/c13-10(14)6-7-12(11(15)16)8-9-4-2-1-3-5-9/h1-5H,6-8H2,(H,13,14)(H,15,16). The molecule has 1 aromatic rings. The monoisotopic (exact) mass is 223 g/mol. The Hall–Kier alpha value is -2.04. The van der Waals surface area contributed by atoms with Crippen molar-refractivity contribution in [1.29, 1.82) is 0 Å². The third-order valence-electron chi connectivity index (χ3n) is 2.08. The summed E-state index contributed by atoms with van der Waals surface area (Å²) in [5.41, 5.74) is 0.843. The van der Waals surface area contributed by atoms with E-state index < -0.39 is 12.1 Å². The molecule has 0 atom stereocenters. The summed E-state index contributed by atoms with van der Waals surface area (Å²) in [4.78, 5) is 22.3. The van der Waals surface area contributed by atoms with Crippen LogP contribution in [0.4, 0.5) is 4.79 Å². The Bertz CT molecular complexity index is 364. The van der Waals surface area contributed by atoms with Crippen molar-refractivity contribution in [1.82, 2.24) is 4.90 Å². The molecule has 0 aliphatic heterocycles. The van der Waals surface area contributed by atoms with Gasteiger partial charge in [-0.3, -0.25) is 4.79 Å². The van der Waals surface area contributed by atoms with Crippen molar-refractivity contribution in [3.63, 3.8) is 0 Å². The molecule has 0 aliphatic carbocycles. The van der Waals surface area contributed by atoms with Crippen LogP contribution in [0, 0.1) is 0 Å². The van der Waals surface area contributed by atoms with Crippen molar-refractivity contribution in [2.24, 2.45) is 0 Å². The van der Waals surface area contributed by atoms with Crippen LogP contribution in [0.5, 0.6) is 0 Å². The zero-order chi connectivity index (χ0) is 12.0. The molecule has 1 rings (SSSR count). The number of carbonyl (C=O) groups is 2. The van der Waals surface area contributed by atoms with Gasteiger partial charge in [-0.2, -0.15) is 0 Å². The molecule has 0 aromatic heterocycles. The third kappa shape index (κ3) is 4.00. The second kappa shape index (κ2) is 5.75. The van der Waals surface area contributed by atoms with Gasteiger partial charge in [0.2, 0.25) is 0 Å². The molecule has 0 saturated carbocycles. The number of hydrogen-bond acceptors (Lipinski definition) is 2. The minimum absolute atomic E-state index is 0.000436. The second-order valence-electron chi connectivity index (χ2n) is 3.33. The predicted octanol–water partition coefficient (Wildman–Crippen LogP) is 1.64. The summed E-state index contributed by atoms with van der Waals surface area (Å²) in [6.07, 6.45) is -1.29. The summed E-state index contributed by atoms with van der Waals surface area (Å²) in [6.45, 7) is 0.211. The van der Waals surface area contributed by atoms with Crippen LogP contribution in [0.3, 0.4) is 0 Å². The summed E-state index contributed by atoms with van der Waals surface area (Å²) < 4.78 is 0. The van der Waals surface area contributed by atoms with Crippen LogP contribution in [0.15, 0.2) is 30.3 Å². The Balaban J connectivity index is 2.58. The average Bonchev–Trinajstić information content (AvgIpc) is 2.25. The van der Waals surface area contributed by atoms with Gasteiger partial charge in [0.1, 0.15) is 0 Å². The normalized spacial score (nSPS) is 9.75. The molecule has 0 fully saturated rings. The van der Waals surface area contributed by atoms with E-state index in [-0.39, 0.29) is 19.5 Å². The van der Waals surface area contributed by atoms with E-state index in [2.05, 4.69) is 0 Å². The number of amides is 1. The van der Waals surface area contributed by atoms with E-state index in [4.69, 9.17) is 10.2 Å². The summed E-state index contributed by atoms with van der Waals surface area (Å²) >= 11 is 0. The number of benzene rings is 1. The van der Waals surface area contributed by atoms with E-state index in [1.54, 1.807) is 12.1 Å². The molecule has 2 N–H and O–H groups in total. The fraction of sp³-hybridized carbons (Fsp3) is 0.273. The molecule has 5 nitrogen and oxygen atoms in total. The summed E-state index contributed by atoms with van der Waals surface area (Å²) in [5, 5.41) is 17.4. The predicted molar refractivity (Wildman–Crippen MR) is 57.1 cm³/mol. The maximum Gasteiger partial charge on any atom is 0.407 e.